The molecule has 1 aliphatic heterocycles. The van der Waals surface area contributed by atoms with E-state index in [-0.39, 0.29) is 18.4 Å². The van der Waals surface area contributed by atoms with Gasteiger partial charge in [0.1, 0.15) is 17.5 Å². The summed E-state index contributed by atoms with van der Waals surface area (Å²) in [6, 6.07) is 12.0. The van der Waals surface area contributed by atoms with E-state index in [2.05, 4.69) is 5.32 Å². The van der Waals surface area contributed by atoms with Gasteiger partial charge in [-0.2, -0.15) is 0 Å². The number of ether oxygens (including phenoxy) is 2. The molecule has 0 aromatic heterocycles. The molecule has 1 atom stereocenters. The van der Waals surface area contributed by atoms with Gasteiger partial charge in [0.15, 0.2) is 6.61 Å². The number of para-hydroxylation sites is 2. The van der Waals surface area contributed by atoms with Crippen molar-refractivity contribution in [2.24, 2.45) is 0 Å². The molecule has 0 saturated heterocycles. The third-order valence-corrected chi connectivity index (χ3v) is 4.13. The molecular weight excluding hydrogens is 320 g/mol. The molecule has 0 fully saturated rings. The molecule has 2 aromatic carbocycles. The number of nitrogens with zero attached hydrogens (tertiary/aromatic N) is 1. The summed E-state index contributed by atoms with van der Waals surface area (Å²) < 4.78 is 10.7. The van der Waals surface area contributed by atoms with Crippen LogP contribution >= 0.6 is 0 Å². The highest BCUT2D eigenvalue weighted by Crippen LogP contribution is 2.34. The van der Waals surface area contributed by atoms with E-state index in [0.717, 1.165) is 5.56 Å². The fourth-order valence-electron chi connectivity index (χ4n) is 2.81. The van der Waals surface area contributed by atoms with Gasteiger partial charge in [-0.15, -0.1) is 0 Å². The summed E-state index contributed by atoms with van der Waals surface area (Å²) in [7, 11) is 1.54. The molecule has 0 spiro atoms. The predicted octanol–water partition coefficient (Wildman–Crippen LogP) is 2.76. The van der Waals surface area contributed by atoms with Crippen LogP contribution in [0.5, 0.6) is 11.5 Å². The van der Waals surface area contributed by atoms with Crippen LogP contribution in [-0.2, 0) is 9.59 Å². The van der Waals surface area contributed by atoms with Crippen LogP contribution in [0.1, 0.15) is 12.5 Å². The molecule has 130 valence electrons. The van der Waals surface area contributed by atoms with Crippen LogP contribution in [0.4, 0.5) is 11.4 Å². The van der Waals surface area contributed by atoms with Gasteiger partial charge >= 0.3 is 0 Å². The number of hydrogen-bond acceptors (Lipinski definition) is 4. The Morgan fingerprint density at radius 3 is 2.80 bits per heavy atom. The summed E-state index contributed by atoms with van der Waals surface area (Å²) >= 11 is 0. The van der Waals surface area contributed by atoms with Crippen molar-refractivity contribution in [2.45, 2.75) is 19.9 Å². The Morgan fingerprint density at radius 1 is 1.28 bits per heavy atom. The summed E-state index contributed by atoms with van der Waals surface area (Å²) in [5.41, 5.74) is 2.16. The Labute approximate surface area is 146 Å². The average Bonchev–Trinajstić information content (AvgIpc) is 2.61. The molecule has 0 radical (unpaired) electrons. The number of anilines is 2. The van der Waals surface area contributed by atoms with Crippen molar-refractivity contribution in [3.05, 3.63) is 48.0 Å². The van der Waals surface area contributed by atoms with Crippen LogP contribution < -0.4 is 19.7 Å². The fourth-order valence-corrected chi connectivity index (χ4v) is 2.81. The molecule has 2 amide bonds. The molecule has 0 saturated carbocycles. The predicted molar refractivity (Wildman–Crippen MR) is 95.2 cm³/mol. The first kappa shape index (κ1) is 16.8. The van der Waals surface area contributed by atoms with Crippen molar-refractivity contribution in [3.8, 4) is 11.5 Å². The third kappa shape index (κ3) is 3.28. The number of methoxy groups -OCH3 is 1. The quantitative estimate of drug-likeness (QED) is 0.929. The minimum absolute atomic E-state index is 0.0810. The number of aryl methyl sites for hydroxylation is 1. The Balaban J connectivity index is 1.87. The van der Waals surface area contributed by atoms with E-state index in [4.69, 9.17) is 9.47 Å². The third-order valence-electron chi connectivity index (χ3n) is 4.13. The van der Waals surface area contributed by atoms with E-state index in [1.165, 1.54) is 4.90 Å². The number of benzene rings is 2. The van der Waals surface area contributed by atoms with Crippen LogP contribution in [0.15, 0.2) is 42.5 Å². The number of carbonyl (C=O) groups excluding carboxylic acids is 2. The second-order valence-corrected chi connectivity index (χ2v) is 5.89. The summed E-state index contributed by atoms with van der Waals surface area (Å²) in [5, 5.41) is 2.83. The van der Waals surface area contributed by atoms with E-state index in [9.17, 15) is 9.59 Å². The smallest absolute Gasteiger partial charge is 0.265 e. The highest BCUT2D eigenvalue weighted by atomic mass is 16.5. The van der Waals surface area contributed by atoms with Crippen molar-refractivity contribution in [1.29, 1.82) is 0 Å². The molecule has 0 aliphatic carbocycles. The molecule has 1 N–H and O–H groups in total. The molecule has 1 aliphatic rings. The zero-order valence-electron chi connectivity index (χ0n) is 14.4. The molecule has 1 unspecified atom stereocenters. The van der Waals surface area contributed by atoms with Gasteiger partial charge in [0.25, 0.3) is 5.91 Å². The highest BCUT2D eigenvalue weighted by molar-refractivity contribution is 6.07. The second-order valence-electron chi connectivity index (χ2n) is 5.89. The van der Waals surface area contributed by atoms with Gasteiger partial charge in [0.2, 0.25) is 5.91 Å². The van der Waals surface area contributed by atoms with Crippen molar-refractivity contribution in [1.82, 2.24) is 0 Å². The lowest BCUT2D eigenvalue weighted by Gasteiger charge is -2.33. The maximum atomic E-state index is 12.7. The highest BCUT2D eigenvalue weighted by Gasteiger charge is 2.33. The number of carbonyl (C=O) groups is 2. The number of hydrogen-bond donors (Lipinski definition) is 1. The molecule has 1 heterocycles. The van der Waals surface area contributed by atoms with Crippen molar-refractivity contribution in [2.75, 3.05) is 23.9 Å². The van der Waals surface area contributed by atoms with Crippen LogP contribution in [0.25, 0.3) is 0 Å². The molecule has 6 nitrogen and oxygen atoms in total. The van der Waals surface area contributed by atoms with E-state index in [1.54, 1.807) is 32.2 Å². The minimum Gasteiger partial charge on any atom is -0.495 e. The molecule has 2 aromatic rings. The van der Waals surface area contributed by atoms with Gasteiger partial charge in [-0.25, -0.2) is 0 Å². The largest absolute Gasteiger partial charge is 0.495 e. The lowest BCUT2D eigenvalue weighted by atomic mass is 10.1. The zero-order valence-corrected chi connectivity index (χ0v) is 14.4. The maximum absolute atomic E-state index is 12.7. The van der Waals surface area contributed by atoms with Crippen molar-refractivity contribution in [3.63, 3.8) is 0 Å². The second kappa shape index (κ2) is 6.84. The first-order valence-corrected chi connectivity index (χ1v) is 8.00. The molecule has 0 bridgehead atoms. The number of nitrogens with one attached hydrogen (secondary N) is 1. The van der Waals surface area contributed by atoms with Gasteiger partial charge in [-0.05, 0) is 43.7 Å². The first-order valence-electron chi connectivity index (χ1n) is 8.00. The molecule has 6 heteroatoms. The molecule has 25 heavy (non-hydrogen) atoms. The Morgan fingerprint density at radius 2 is 2.04 bits per heavy atom. The summed E-state index contributed by atoms with van der Waals surface area (Å²) in [4.78, 5) is 26.6. The van der Waals surface area contributed by atoms with Crippen LogP contribution in [0.2, 0.25) is 0 Å². The van der Waals surface area contributed by atoms with Crippen LogP contribution in [0, 0.1) is 6.92 Å². The fraction of sp³-hybridized carbons (Fsp3) is 0.263. The normalized spacial score (nSPS) is 14.4. The van der Waals surface area contributed by atoms with Crippen LogP contribution in [0.3, 0.4) is 0 Å². The summed E-state index contributed by atoms with van der Waals surface area (Å²) in [6.07, 6.45) is 0. The number of amides is 2. The molecule has 3 rings (SSSR count). The maximum Gasteiger partial charge on any atom is 0.265 e. The standard InChI is InChI=1S/C19H20N2O4/c1-12-8-9-17-15(10-12)21(18(22)11-25-17)13(2)19(23)20-14-6-4-5-7-16(14)24-3/h4-10,13H,11H2,1-3H3,(H,20,23). The Kier molecular flexibility index (Phi) is 4.61. The Hall–Kier alpha value is -3.02. The van der Waals surface area contributed by atoms with E-state index >= 15 is 0 Å². The average molecular weight is 340 g/mol. The van der Waals surface area contributed by atoms with E-state index in [0.29, 0.717) is 22.9 Å². The van der Waals surface area contributed by atoms with Gasteiger partial charge in [0, 0.05) is 0 Å². The minimum atomic E-state index is -0.693. The number of fused-ring (bicyclic) bond motifs is 1. The SMILES string of the molecule is COc1ccccc1NC(=O)C(C)N1C(=O)COc2ccc(C)cc21. The van der Waals surface area contributed by atoms with E-state index < -0.39 is 6.04 Å². The topological polar surface area (TPSA) is 67.9 Å². The lowest BCUT2D eigenvalue weighted by Crippen LogP contribution is -2.49. The van der Waals surface area contributed by atoms with Gasteiger partial charge in [0.05, 0.1) is 18.5 Å². The van der Waals surface area contributed by atoms with E-state index in [1.807, 2.05) is 31.2 Å². The van der Waals surface area contributed by atoms with Crippen LogP contribution in [-0.4, -0.2) is 31.6 Å². The van der Waals surface area contributed by atoms with Gasteiger partial charge in [-0.3, -0.25) is 14.5 Å². The summed E-state index contributed by atoms with van der Waals surface area (Å²) in [6.45, 7) is 3.54. The molecular formula is C19H20N2O4. The van der Waals surface area contributed by atoms with Crippen molar-refractivity contribution >= 4 is 23.2 Å². The first-order chi connectivity index (χ1) is 12.0. The van der Waals surface area contributed by atoms with Gasteiger partial charge in [-0.1, -0.05) is 18.2 Å². The van der Waals surface area contributed by atoms with Crippen molar-refractivity contribution < 1.29 is 19.1 Å². The lowest BCUT2D eigenvalue weighted by molar-refractivity contribution is -0.125. The summed E-state index contributed by atoms with van der Waals surface area (Å²) in [5.74, 6) is 0.614. The van der Waals surface area contributed by atoms with Gasteiger partial charge < -0.3 is 14.8 Å². The monoisotopic (exact) mass is 340 g/mol. The number of rotatable bonds is 4. The Bertz CT molecular complexity index is 819. The zero-order chi connectivity index (χ0) is 18.0.